The van der Waals surface area contributed by atoms with Crippen molar-refractivity contribution in [1.82, 2.24) is 25.7 Å². The maximum atomic E-state index is 12.1. The van der Waals surface area contributed by atoms with Crippen LogP contribution in [0.1, 0.15) is 22.8 Å². The zero-order chi connectivity index (χ0) is 21.9. The van der Waals surface area contributed by atoms with E-state index in [4.69, 9.17) is 0 Å². The van der Waals surface area contributed by atoms with E-state index < -0.39 is 0 Å². The summed E-state index contributed by atoms with van der Waals surface area (Å²) in [6, 6.07) is 16.6. The van der Waals surface area contributed by atoms with Crippen LogP contribution in [0.2, 0.25) is 0 Å². The molecule has 0 aliphatic carbocycles. The van der Waals surface area contributed by atoms with Crippen LogP contribution in [0.3, 0.4) is 0 Å². The highest BCUT2D eigenvalue weighted by Crippen LogP contribution is 2.14. The highest BCUT2D eigenvalue weighted by atomic mass is 127. The van der Waals surface area contributed by atoms with Crippen LogP contribution in [0.25, 0.3) is 5.69 Å². The first-order valence-corrected chi connectivity index (χ1v) is 10.3. The van der Waals surface area contributed by atoms with Crippen molar-refractivity contribution in [2.24, 2.45) is 4.99 Å². The molecule has 0 aliphatic heterocycles. The number of nitrogens with zero attached hydrogens (tertiary/aromatic N) is 3. The van der Waals surface area contributed by atoms with Crippen molar-refractivity contribution < 1.29 is 9.90 Å². The number of amides is 1. The topological polar surface area (TPSA) is 104 Å². The second-order valence-electron chi connectivity index (χ2n) is 6.83. The Bertz CT molecular complexity index is 990. The van der Waals surface area contributed by atoms with E-state index in [1.54, 1.807) is 24.4 Å². The molecule has 0 bridgehead atoms. The number of aliphatic imine (C=N–C) groups is 1. The van der Waals surface area contributed by atoms with Crippen molar-refractivity contribution in [2.75, 3.05) is 26.2 Å². The summed E-state index contributed by atoms with van der Waals surface area (Å²) in [5, 5.41) is 23.2. The van der Waals surface area contributed by atoms with Crippen LogP contribution in [0.4, 0.5) is 0 Å². The number of hydrogen-bond donors (Lipinski definition) is 4. The minimum Gasteiger partial charge on any atom is -0.507 e. The molecule has 3 aromatic rings. The van der Waals surface area contributed by atoms with E-state index in [2.05, 4.69) is 38.2 Å². The molecular weight excluding hydrogens is 519 g/mol. The summed E-state index contributed by atoms with van der Waals surface area (Å²) in [5.74, 6) is 0.369. The Hall–Kier alpha value is -3.08. The van der Waals surface area contributed by atoms with Gasteiger partial charge in [-0.15, -0.1) is 24.0 Å². The summed E-state index contributed by atoms with van der Waals surface area (Å²) in [5.41, 5.74) is 2.49. The molecule has 0 saturated carbocycles. The van der Waals surface area contributed by atoms with Crippen molar-refractivity contribution in [3.8, 4) is 11.4 Å². The zero-order valence-electron chi connectivity index (χ0n) is 18.0. The van der Waals surface area contributed by atoms with Crippen molar-refractivity contribution in [1.29, 1.82) is 0 Å². The number of halogens is 1. The zero-order valence-corrected chi connectivity index (χ0v) is 20.3. The number of aromatic nitrogens is 2. The van der Waals surface area contributed by atoms with Crippen molar-refractivity contribution in [3.05, 3.63) is 78.1 Å². The highest BCUT2D eigenvalue weighted by Gasteiger charge is 2.09. The maximum Gasteiger partial charge on any atom is 0.255 e. The molecule has 0 unspecified atom stereocenters. The molecule has 0 spiro atoms. The van der Waals surface area contributed by atoms with Gasteiger partial charge < -0.3 is 21.1 Å². The van der Waals surface area contributed by atoms with Crippen LogP contribution < -0.4 is 16.0 Å². The number of carbonyl (C=O) groups is 1. The lowest BCUT2D eigenvalue weighted by Gasteiger charge is -2.12. The lowest BCUT2D eigenvalue weighted by molar-refractivity contribution is 0.0951. The predicted octanol–water partition coefficient (Wildman–Crippen LogP) is 2.72. The first kappa shape index (κ1) is 25.2. The molecule has 9 heteroatoms. The molecule has 0 fully saturated rings. The molecule has 3 rings (SSSR count). The van der Waals surface area contributed by atoms with Crippen LogP contribution in [0.15, 0.2) is 72.0 Å². The number of nitrogens with one attached hydrogen (secondary N) is 3. The largest absolute Gasteiger partial charge is 0.507 e. The molecule has 0 aliphatic rings. The van der Waals surface area contributed by atoms with E-state index in [0.29, 0.717) is 25.6 Å². The minimum atomic E-state index is -0.305. The van der Waals surface area contributed by atoms with E-state index in [0.717, 1.165) is 18.7 Å². The summed E-state index contributed by atoms with van der Waals surface area (Å²) < 4.78 is 1.83. The fraction of sp³-hybridized carbons (Fsp3) is 0.261. The smallest absolute Gasteiger partial charge is 0.255 e. The second-order valence-corrected chi connectivity index (χ2v) is 6.83. The SMILES string of the molecule is CCNC(=NCCc1ccc(-n2cccn2)cc1)NCCNC(=O)c1ccccc1O.I. The molecule has 0 atom stereocenters. The molecule has 0 saturated heterocycles. The van der Waals surface area contributed by atoms with Crippen molar-refractivity contribution >= 4 is 35.8 Å². The molecule has 4 N–H and O–H groups in total. The highest BCUT2D eigenvalue weighted by molar-refractivity contribution is 14.0. The number of phenolic OH excluding ortho intramolecular Hbond substituents is 1. The third kappa shape index (κ3) is 7.56. The summed E-state index contributed by atoms with van der Waals surface area (Å²) in [4.78, 5) is 16.7. The molecule has 1 aromatic heterocycles. The van der Waals surface area contributed by atoms with Gasteiger partial charge in [0.2, 0.25) is 0 Å². The van der Waals surface area contributed by atoms with Crippen LogP contribution in [0.5, 0.6) is 5.75 Å². The average Bonchev–Trinajstić information content (AvgIpc) is 3.32. The van der Waals surface area contributed by atoms with E-state index in [1.807, 2.05) is 36.0 Å². The van der Waals surface area contributed by atoms with E-state index in [9.17, 15) is 9.90 Å². The molecule has 2 aromatic carbocycles. The summed E-state index contributed by atoms with van der Waals surface area (Å²) >= 11 is 0. The Labute approximate surface area is 205 Å². The second kappa shape index (κ2) is 13.4. The number of guanidine groups is 1. The number of aromatic hydroxyl groups is 1. The van der Waals surface area contributed by atoms with E-state index in [1.165, 1.54) is 11.6 Å². The van der Waals surface area contributed by atoms with Crippen LogP contribution in [-0.4, -0.2) is 52.9 Å². The quantitative estimate of drug-likeness (QED) is 0.143. The normalized spacial score (nSPS) is 10.8. The standard InChI is InChI=1S/C23H28N6O2.HI/c1-2-24-23(27-16-15-25-22(31)20-6-3-4-7-21(20)30)26-14-12-18-8-10-19(11-9-18)29-17-5-13-28-29;/h3-11,13,17,30H,2,12,14-16H2,1H3,(H,25,31)(H2,24,26,27);1H. The van der Waals surface area contributed by atoms with Gasteiger partial charge in [-0.3, -0.25) is 9.79 Å². The Balaban J connectivity index is 0.00000363. The Morgan fingerprint density at radius 1 is 1.03 bits per heavy atom. The number of phenols is 1. The van der Waals surface area contributed by atoms with Gasteiger partial charge in [-0.05, 0) is 49.2 Å². The first-order valence-electron chi connectivity index (χ1n) is 10.3. The number of para-hydroxylation sites is 1. The van der Waals surface area contributed by atoms with Gasteiger partial charge in [0.05, 0.1) is 11.3 Å². The van der Waals surface area contributed by atoms with Gasteiger partial charge in [0, 0.05) is 38.6 Å². The van der Waals surface area contributed by atoms with Crippen LogP contribution in [0, 0.1) is 0 Å². The Morgan fingerprint density at radius 3 is 2.47 bits per heavy atom. The third-order valence-electron chi connectivity index (χ3n) is 4.57. The summed E-state index contributed by atoms with van der Waals surface area (Å²) in [6.07, 6.45) is 4.49. The summed E-state index contributed by atoms with van der Waals surface area (Å²) in [6.45, 7) is 4.32. The number of hydrogen-bond acceptors (Lipinski definition) is 4. The van der Waals surface area contributed by atoms with Gasteiger partial charge in [0.25, 0.3) is 5.91 Å². The summed E-state index contributed by atoms with van der Waals surface area (Å²) in [7, 11) is 0. The van der Waals surface area contributed by atoms with E-state index in [-0.39, 0.29) is 41.2 Å². The van der Waals surface area contributed by atoms with E-state index >= 15 is 0 Å². The predicted molar refractivity (Wildman–Crippen MR) is 137 cm³/mol. The Morgan fingerprint density at radius 2 is 1.78 bits per heavy atom. The van der Waals surface area contributed by atoms with Gasteiger partial charge in [-0.1, -0.05) is 24.3 Å². The van der Waals surface area contributed by atoms with Gasteiger partial charge in [-0.2, -0.15) is 5.10 Å². The molecule has 0 radical (unpaired) electrons. The lowest BCUT2D eigenvalue weighted by Crippen LogP contribution is -2.41. The minimum absolute atomic E-state index is 0. The molecule has 1 amide bonds. The molecule has 170 valence electrons. The number of benzene rings is 2. The fourth-order valence-electron chi connectivity index (χ4n) is 2.99. The van der Waals surface area contributed by atoms with Crippen LogP contribution >= 0.6 is 24.0 Å². The fourth-order valence-corrected chi connectivity index (χ4v) is 2.99. The van der Waals surface area contributed by atoms with Gasteiger partial charge in [-0.25, -0.2) is 4.68 Å². The van der Waals surface area contributed by atoms with Gasteiger partial charge in [0.1, 0.15) is 5.75 Å². The monoisotopic (exact) mass is 548 g/mol. The molecular formula is C23H29IN6O2. The van der Waals surface area contributed by atoms with Crippen LogP contribution in [-0.2, 0) is 6.42 Å². The maximum absolute atomic E-state index is 12.1. The van der Waals surface area contributed by atoms with Crippen molar-refractivity contribution in [3.63, 3.8) is 0 Å². The first-order chi connectivity index (χ1) is 15.2. The molecule has 32 heavy (non-hydrogen) atoms. The average molecular weight is 548 g/mol. The molecule has 8 nitrogen and oxygen atoms in total. The number of rotatable bonds is 9. The van der Waals surface area contributed by atoms with Gasteiger partial charge >= 0.3 is 0 Å². The van der Waals surface area contributed by atoms with Crippen molar-refractivity contribution in [2.45, 2.75) is 13.3 Å². The Kier molecular flexibility index (Phi) is 10.5. The van der Waals surface area contributed by atoms with Gasteiger partial charge in [0.15, 0.2) is 5.96 Å². The lowest BCUT2D eigenvalue weighted by atomic mass is 10.1. The molecule has 1 heterocycles. The third-order valence-corrected chi connectivity index (χ3v) is 4.57. The number of carbonyl (C=O) groups excluding carboxylic acids is 1.